The highest BCUT2D eigenvalue weighted by molar-refractivity contribution is 7.16. The molecule has 0 amide bonds. The monoisotopic (exact) mass is 340 g/mol. The zero-order chi connectivity index (χ0) is 16.4. The van der Waals surface area contributed by atoms with Gasteiger partial charge in [0, 0.05) is 11.4 Å². The number of nitrogens with zero attached hydrogens (tertiary/aromatic N) is 2. The van der Waals surface area contributed by atoms with Crippen LogP contribution in [0.25, 0.3) is 0 Å². The molecule has 2 aliphatic rings. The number of thiophene rings is 1. The first-order chi connectivity index (χ1) is 11.8. The molecular formula is C19H24N4S. The minimum atomic E-state index is 0.964. The van der Waals surface area contributed by atoms with Crippen LogP contribution in [0, 0.1) is 6.92 Å². The summed E-state index contributed by atoms with van der Waals surface area (Å²) in [7, 11) is 0. The predicted molar refractivity (Wildman–Crippen MR) is 103 cm³/mol. The average Bonchev–Trinajstić information content (AvgIpc) is 3.19. The fraction of sp³-hybridized carbons (Fsp3) is 0.421. The van der Waals surface area contributed by atoms with Crippen molar-refractivity contribution < 1.29 is 0 Å². The maximum Gasteiger partial charge on any atom is 0.137 e. The summed E-state index contributed by atoms with van der Waals surface area (Å²) in [5, 5.41) is 8.31. The Morgan fingerprint density at radius 1 is 1.25 bits per heavy atom. The van der Waals surface area contributed by atoms with Gasteiger partial charge in [-0.2, -0.15) is 0 Å². The van der Waals surface area contributed by atoms with Gasteiger partial charge in [0.05, 0.1) is 16.9 Å². The van der Waals surface area contributed by atoms with E-state index in [9.17, 15) is 0 Å². The van der Waals surface area contributed by atoms with Crippen LogP contribution in [0.2, 0.25) is 0 Å². The van der Waals surface area contributed by atoms with Crippen molar-refractivity contribution in [3.05, 3.63) is 40.8 Å². The molecule has 4 rings (SSSR count). The third-order valence-corrected chi connectivity index (χ3v) is 5.60. The van der Waals surface area contributed by atoms with Crippen LogP contribution >= 0.6 is 11.3 Å². The number of rotatable bonds is 4. The lowest BCUT2D eigenvalue weighted by molar-refractivity contribution is 0.334. The predicted octanol–water partition coefficient (Wildman–Crippen LogP) is 4.27. The van der Waals surface area contributed by atoms with Crippen molar-refractivity contribution in [3.8, 4) is 0 Å². The van der Waals surface area contributed by atoms with Crippen molar-refractivity contribution in [2.75, 3.05) is 31.5 Å². The standard InChI is InChI=1S/C19H24N4S/c1-14-13-15-18(20-9-6-12-23-10-4-5-11-23)21-16-7-2-3-8-17(16)22-19(15)24-14/h2-3,7-8,13,22H,4-6,9-12H2,1H3,(H,20,21). The molecule has 4 nitrogen and oxygen atoms in total. The van der Waals surface area contributed by atoms with Crippen LogP contribution in [0.4, 0.5) is 16.4 Å². The molecule has 5 heteroatoms. The molecule has 1 aromatic heterocycles. The number of benzene rings is 1. The highest BCUT2D eigenvalue weighted by atomic mass is 32.1. The third kappa shape index (κ3) is 3.32. The fourth-order valence-corrected chi connectivity index (χ4v) is 4.34. The van der Waals surface area contributed by atoms with E-state index in [1.54, 1.807) is 11.3 Å². The Morgan fingerprint density at radius 3 is 2.96 bits per heavy atom. The number of nitrogens with one attached hydrogen (secondary N) is 2. The fourth-order valence-electron chi connectivity index (χ4n) is 3.41. The molecule has 2 N–H and O–H groups in total. The lowest BCUT2D eigenvalue weighted by Crippen LogP contribution is -2.29. The first-order valence-electron chi connectivity index (χ1n) is 8.81. The number of hydrogen-bond acceptors (Lipinski definition) is 5. The minimum Gasteiger partial charge on any atom is -0.369 e. The number of anilines is 2. The van der Waals surface area contributed by atoms with Gasteiger partial charge in [0.1, 0.15) is 10.8 Å². The average molecular weight is 340 g/mol. The van der Waals surface area contributed by atoms with Crippen LogP contribution in [0.5, 0.6) is 0 Å². The van der Waals surface area contributed by atoms with Gasteiger partial charge < -0.3 is 15.5 Å². The Bertz CT molecular complexity index is 744. The summed E-state index contributed by atoms with van der Waals surface area (Å²) in [4.78, 5) is 8.77. The summed E-state index contributed by atoms with van der Waals surface area (Å²) in [5.41, 5.74) is 3.27. The molecule has 2 aromatic rings. The zero-order valence-corrected chi connectivity index (χ0v) is 15.0. The lowest BCUT2D eigenvalue weighted by atomic mass is 10.2. The van der Waals surface area contributed by atoms with Crippen molar-refractivity contribution in [2.45, 2.75) is 26.2 Å². The van der Waals surface area contributed by atoms with Crippen molar-refractivity contribution >= 4 is 33.5 Å². The molecule has 2 aliphatic heterocycles. The van der Waals surface area contributed by atoms with Crippen LogP contribution in [-0.4, -0.2) is 36.9 Å². The van der Waals surface area contributed by atoms with Gasteiger partial charge in [-0.05, 0) is 64.0 Å². The smallest absolute Gasteiger partial charge is 0.137 e. The van der Waals surface area contributed by atoms with E-state index in [2.05, 4.69) is 46.7 Å². The van der Waals surface area contributed by atoms with Gasteiger partial charge in [0.15, 0.2) is 0 Å². The van der Waals surface area contributed by atoms with Crippen molar-refractivity contribution in [1.29, 1.82) is 0 Å². The molecule has 0 atom stereocenters. The number of fused-ring (bicyclic) bond motifs is 2. The van der Waals surface area contributed by atoms with Crippen LogP contribution in [-0.2, 0) is 0 Å². The number of para-hydroxylation sites is 2. The van der Waals surface area contributed by atoms with Crippen LogP contribution in [0.3, 0.4) is 0 Å². The maximum absolute atomic E-state index is 4.90. The summed E-state index contributed by atoms with van der Waals surface area (Å²) in [6, 6.07) is 10.5. The van der Waals surface area contributed by atoms with Gasteiger partial charge in [-0.25, -0.2) is 4.99 Å². The Balaban J connectivity index is 1.50. The van der Waals surface area contributed by atoms with Crippen molar-refractivity contribution in [3.63, 3.8) is 0 Å². The van der Waals surface area contributed by atoms with Gasteiger partial charge in [-0.15, -0.1) is 11.3 Å². The summed E-state index contributed by atoms with van der Waals surface area (Å²) in [6.07, 6.45) is 3.88. The highest BCUT2D eigenvalue weighted by Crippen LogP contribution is 2.37. The molecule has 0 radical (unpaired) electrons. The molecule has 0 aliphatic carbocycles. The van der Waals surface area contributed by atoms with E-state index >= 15 is 0 Å². The number of aliphatic imine (C=N–C) groups is 1. The highest BCUT2D eigenvalue weighted by Gasteiger charge is 2.18. The largest absolute Gasteiger partial charge is 0.369 e. The second-order valence-electron chi connectivity index (χ2n) is 6.53. The molecule has 0 saturated carbocycles. The number of likely N-dealkylation sites (tertiary alicyclic amines) is 1. The second-order valence-corrected chi connectivity index (χ2v) is 7.79. The summed E-state index contributed by atoms with van der Waals surface area (Å²) < 4.78 is 0. The quantitative estimate of drug-likeness (QED) is 0.817. The Labute approximate surface area is 147 Å². The van der Waals surface area contributed by atoms with E-state index in [4.69, 9.17) is 4.99 Å². The molecule has 1 saturated heterocycles. The summed E-state index contributed by atoms with van der Waals surface area (Å²) >= 11 is 1.79. The Morgan fingerprint density at radius 2 is 2.08 bits per heavy atom. The minimum absolute atomic E-state index is 0.964. The van der Waals surface area contributed by atoms with Gasteiger partial charge in [0.25, 0.3) is 0 Å². The molecule has 0 unspecified atom stereocenters. The second kappa shape index (κ2) is 6.95. The topological polar surface area (TPSA) is 39.7 Å². The van der Waals surface area contributed by atoms with E-state index in [0.29, 0.717) is 0 Å². The molecule has 3 heterocycles. The number of hydrogen-bond donors (Lipinski definition) is 2. The van der Waals surface area contributed by atoms with Crippen LogP contribution in [0.15, 0.2) is 35.3 Å². The number of amidine groups is 1. The Kier molecular flexibility index (Phi) is 4.54. The van der Waals surface area contributed by atoms with E-state index in [0.717, 1.165) is 30.2 Å². The van der Waals surface area contributed by atoms with E-state index in [-0.39, 0.29) is 0 Å². The van der Waals surface area contributed by atoms with Crippen LogP contribution < -0.4 is 10.6 Å². The molecule has 126 valence electrons. The number of aryl methyl sites for hydroxylation is 1. The first kappa shape index (κ1) is 15.7. The summed E-state index contributed by atoms with van der Waals surface area (Å²) in [6.45, 7) is 6.84. The maximum atomic E-state index is 4.90. The lowest BCUT2D eigenvalue weighted by Gasteiger charge is -2.15. The summed E-state index contributed by atoms with van der Waals surface area (Å²) in [5.74, 6) is 0.994. The van der Waals surface area contributed by atoms with Gasteiger partial charge in [-0.3, -0.25) is 0 Å². The van der Waals surface area contributed by atoms with Gasteiger partial charge in [-0.1, -0.05) is 12.1 Å². The normalized spacial score (nSPS) is 16.8. The molecule has 1 aromatic carbocycles. The van der Waals surface area contributed by atoms with Crippen molar-refractivity contribution in [2.24, 2.45) is 4.99 Å². The SMILES string of the molecule is Cc1cc2c(s1)Nc1ccccc1N=C2NCCCN1CCCC1. The molecular weight excluding hydrogens is 316 g/mol. The first-order valence-corrected chi connectivity index (χ1v) is 9.63. The van der Waals surface area contributed by atoms with Crippen molar-refractivity contribution in [1.82, 2.24) is 10.2 Å². The molecule has 0 spiro atoms. The Hall–Kier alpha value is -1.85. The van der Waals surface area contributed by atoms with Gasteiger partial charge >= 0.3 is 0 Å². The van der Waals surface area contributed by atoms with E-state index < -0.39 is 0 Å². The molecule has 0 bridgehead atoms. The molecule has 1 fully saturated rings. The van der Waals surface area contributed by atoms with Gasteiger partial charge in [0.2, 0.25) is 0 Å². The zero-order valence-electron chi connectivity index (χ0n) is 14.1. The third-order valence-electron chi connectivity index (χ3n) is 4.64. The van der Waals surface area contributed by atoms with Crippen LogP contribution in [0.1, 0.15) is 29.7 Å². The molecule has 24 heavy (non-hydrogen) atoms. The van der Waals surface area contributed by atoms with E-state index in [1.807, 2.05) is 6.07 Å². The van der Waals surface area contributed by atoms with E-state index in [1.165, 1.54) is 47.9 Å².